The van der Waals surface area contributed by atoms with Crippen LogP contribution in [-0.4, -0.2) is 13.0 Å². The van der Waals surface area contributed by atoms with Gasteiger partial charge in [-0.15, -0.1) is 0 Å². The first-order valence-electron chi connectivity index (χ1n) is 5.61. The smallest absolute Gasteiger partial charge is 0.256 e. The van der Waals surface area contributed by atoms with Crippen LogP contribution >= 0.6 is 15.9 Å². The van der Waals surface area contributed by atoms with Gasteiger partial charge in [-0.3, -0.25) is 4.79 Å². The second kappa shape index (κ2) is 6.00. The molecule has 0 unspecified atom stereocenters. The number of hydrogen-bond donors (Lipinski definition) is 1. The quantitative estimate of drug-likeness (QED) is 0.916. The van der Waals surface area contributed by atoms with Gasteiger partial charge in [0.05, 0.1) is 12.7 Å². The Labute approximate surface area is 122 Å². The van der Waals surface area contributed by atoms with Gasteiger partial charge in [0.25, 0.3) is 5.91 Å². The zero-order valence-corrected chi connectivity index (χ0v) is 12.0. The molecule has 1 N–H and O–H groups in total. The summed E-state index contributed by atoms with van der Waals surface area (Å²) in [6.45, 7) is 0. The van der Waals surface area contributed by atoms with Crippen LogP contribution in [0.2, 0.25) is 0 Å². The number of benzene rings is 2. The van der Waals surface area contributed by atoms with Crippen LogP contribution in [0.4, 0.5) is 14.5 Å². The van der Waals surface area contributed by atoms with Crippen molar-refractivity contribution < 1.29 is 18.3 Å². The fourth-order valence-electron chi connectivity index (χ4n) is 1.61. The molecular formula is C14H10BrF2NO2. The molecule has 2 rings (SSSR count). The highest BCUT2D eigenvalue weighted by atomic mass is 79.9. The molecule has 0 heterocycles. The van der Waals surface area contributed by atoms with E-state index in [0.29, 0.717) is 10.2 Å². The van der Waals surface area contributed by atoms with E-state index in [1.807, 2.05) is 0 Å². The average Bonchev–Trinajstić information content (AvgIpc) is 2.43. The highest BCUT2D eigenvalue weighted by Gasteiger charge is 2.12. The molecule has 0 aliphatic heterocycles. The van der Waals surface area contributed by atoms with Crippen LogP contribution in [0.3, 0.4) is 0 Å². The number of nitrogens with one attached hydrogen (secondary N) is 1. The maximum absolute atomic E-state index is 13.3. The zero-order valence-electron chi connectivity index (χ0n) is 10.4. The summed E-state index contributed by atoms with van der Waals surface area (Å²) in [4.78, 5) is 12.0. The van der Waals surface area contributed by atoms with E-state index in [1.54, 1.807) is 0 Å². The molecule has 6 heteroatoms. The summed E-state index contributed by atoms with van der Waals surface area (Å²) in [5.74, 6) is -1.54. The Morgan fingerprint density at radius 3 is 2.65 bits per heavy atom. The minimum atomic E-state index is -0.530. The number of ether oxygens (including phenoxy) is 1. The van der Waals surface area contributed by atoms with Crippen molar-refractivity contribution in [1.29, 1.82) is 0 Å². The molecule has 1 amide bonds. The van der Waals surface area contributed by atoms with E-state index in [-0.39, 0.29) is 11.3 Å². The largest absolute Gasteiger partial charge is 0.494 e. The maximum Gasteiger partial charge on any atom is 0.256 e. The van der Waals surface area contributed by atoms with Gasteiger partial charge in [0.15, 0.2) is 11.6 Å². The molecule has 0 aromatic heterocycles. The molecule has 20 heavy (non-hydrogen) atoms. The summed E-state index contributed by atoms with van der Waals surface area (Å²) in [6, 6.07) is 7.70. The number of amides is 1. The highest BCUT2D eigenvalue weighted by molar-refractivity contribution is 9.10. The molecule has 2 aromatic carbocycles. The first-order valence-corrected chi connectivity index (χ1v) is 6.40. The molecule has 104 valence electrons. The number of carbonyl (C=O) groups excluding carboxylic acids is 1. The summed E-state index contributed by atoms with van der Waals surface area (Å²) >= 11 is 3.17. The lowest BCUT2D eigenvalue weighted by atomic mass is 10.2. The van der Waals surface area contributed by atoms with Crippen LogP contribution in [0, 0.1) is 11.6 Å². The Morgan fingerprint density at radius 2 is 1.95 bits per heavy atom. The summed E-state index contributed by atoms with van der Waals surface area (Å²) in [6.07, 6.45) is 0. The van der Waals surface area contributed by atoms with Crippen LogP contribution in [0.5, 0.6) is 5.75 Å². The number of methoxy groups -OCH3 is 1. The zero-order chi connectivity index (χ0) is 14.7. The minimum Gasteiger partial charge on any atom is -0.494 e. The average molecular weight is 342 g/mol. The van der Waals surface area contributed by atoms with Gasteiger partial charge < -0.3 is 10.1 Å². The SMILES string of the molecule is COc1cc(NC(=O)c2cc(F)ccc2Br)ccc1F. The number of hydrogen-bond acceptors (Lipinski definition) is 2. The predicted molar refractivity (Wildman–Crippen MR) is 75.0 cm³/mol. The van der Waals surface area contributed by atoms with Gasteiger partial charge >= 0.3 is 0 Å². The van der Waals surface area contributed by atoms with Crippen LogP contribution < -0.4 is 10.1 Å². The minimum absolute atomic E-state index is 0.0149. The van der Waals surface area contributed by atoms with Gasteiger partial charge in [0, 0.05) is 16.2 Å². The van der Waals surface area contributed by atoms with E-state index in [1.165, 1.54) is 37.4 Å². The summed E-state index contributed by atoms with van der Waals surface area (Å²) < 4.78 is 31.7. The molecule has 0 radical (unpaired) electrons. The van der Waals surface area contributed by atoms with Gasteiger partial charge in [0.1, 0.15) is 5.82 Å². The second-order valence-corrected chi connectivity index (χ2v) is 4.78. The number of rotatable bonds is 3. The summed E-state index contributed by atoms with van der Waals surface area (Å²) in [5, 5.41) is 2.55. The van der Waals surface area contributed by atoms with E-state index in [0.717, 1.165) is 6.07 Å². The lowest BCUT2D eigenvalue weighted by Crippen LogP contribution is -2.13. The number of anilines is 1. The summed E-state index contributed by atoms with van der Waals surface area (Å²) in [5.41, 5.74) is 0.498. The number of carbonyl (C=O) groups is 1. The molecule has 3 nitrogen and oxygen atoms in total. The first-order chi connectivity index (χ1) is 9.51. The van der Waals surface area contributed by atoms with Crippen molar-refractivity contribution in [3.8, 4) is 5.75 Å². The van der Waals surface area contributed by atoms with Crippen LogP contribution in [0.1, 0.15) is 10.4 Å². The van der Waals surface area contributed by atoms with Crippen molar-refractivity contribution in [3.05, 3.63) is 58.1 Å². The maximum atomic E-state index is 13.3. The molecule has 0 atom stereocenters. The molecule has 2 aromatic rings. The van der Waals surface area contributed by atoms with Gasteiger partial charge in [0.2, 0.25) is 0 Å². The molecule has 0 saturated carbocycles. The van der Waals surface area contributed by atoms with Crippen molar-refractivity contribution in [3.63, 3.8) is 0 Å². The lowest BCUT2D eigenvalue weighted by Gasteiger charge is -2.09. The van der Waals surface area contributed by atoms with E-state index >= 15 is 0 Å². The molecule has 0 bridgehead atoms. The topological polar surface area (TPSA) is 38.3 Å². The van der Waals surface area contributed by atoms with Crippen LogP contribution in [0.25, 0.3) is 0 Å². The van der Waals surface area contributed by atoms with Crippen molar-refractivity contribution in [2.24, 2.45) is 0 Å². The third kappa shape index (κ3) is 3.14. The van der Waals surface area contributed by atoms with E-state index in [2.05, 4.69) is 21.2 Å². The van der Waals surface area contributed by atoms with Gasteiger partial charge in [-0.05, 0) is 46.3 Å². The van der Waals surface area contributed by atoms with Crippen molar-refractivity contribution in [2.45, 2.75) is 0 Å². The van der Waals surface area contributed by atoms with Crippen LogP contribution in [0.15, 0.2) is 40.9 Å². The third-order valence-electron chi connectivity index (χ3n) is 2.58. The Balaban J connectivity index is 2.25. The lowest BCUT2D eigenvalue weighted by molar-refractivity contribution is 0.102. The van der Waals surface area contributed by atoms with Crippen molar-refractivity contribution >= 4 is 27.5 Å². The number of halogens is 3. The van der Waals surface area contributed by atoms with Gasteiger partial charge in [-0.2, -0.15) is 0 Å². The highest BCUT2D eigenvalue weighted by Crippen LogP contribution is 2.23. The van der Waals surface area contributed by atoms with Crippen molar-refractivity contribution in [1.82, 2.24) is 0 Å². The predicted octanol–water partition coefficient (Wildman–Crippen LogP) is 3.99. The third-order valence-corrected chi connectivity index (χ3v) is 3.27. The molecule has 0 aliphatic rings. The molecular weight excluding hydrogens is 332 g/mol. The normalized spacial score (nSPS) is 10.2. The van der Waals surface area contributed by atoms with E-state index in [4.69, 9.17) is 4.74 Å². The first kappa shape index (κ1) is 14.5. The van der Waals surface area contributed by atoms with E-state index in [9.17, 15) is 13.6 Å². The molecule has 0 fully saturated rings. The fraction of sp³-hybridized carbons (Fsp3) is 0.0714. The molecule has 0 spiro atoms. The van der Waals surface area contributed by atoms with E-state index < -0.39 is 17.5 Å². The Morgan fingerprint density at radius 1 is 1.20 bits per heavy atom. The standard InChI is InChI=1S/C14H10BrF2NO2/c1-20-13-7-9(3-5-12(13)17)18-14(19)10-6-8(16)2-4-11(10)15/h2-7H,1H3,(H,18,19). The van der Waals surface area contributed by atoms with Crippen LogP contribution in [-0.2, 0) is 0 Å². The Bertz CT molecular complexity index is 662. The second-order valence-electron chi connectivity index (χ2n) is 3.93. The van der Waals surface area contributed by atoms with Gasteiger partial charge in [-0.25, -0.2) is 8.78 Å². The Hall–Kier alpha value is -1.95. The molecule has 0 saturated heterocycles. The van der Waals surface area contributed by atoms with Gasteiger partial charge in [-0.1, -0.05) is 0 Å². The Kier molecular flexibility index (Phi) is 4.34. The van der Waals surface area contributed by atoms with Crippen molar-refractivity contribution in [2.75, 3.05) is 12.4 Å². The monoisotopic (exact) mass is 341 g/mol. The summed E-state index contributed by atoms with van der Waals surface area (Å²) in [7, 11) is 1.33. The fourth-order valence-corrected chi connectivity index (χ4v) is 2.03. The molecule has 0 aliphatic carbocycles.